The minimum atomic E-state index is -0.584. The summed E-state index contributed by atoms with van der Waals surface area (Å²) < 4.78 is 0. The zero-order valence-electron chi connectivity index (χ0n) is 9.82. The fourth-order valence-electron chi connectivity index (χ4n) is 3.48. The van der Waals surface area contributed by atoms with Crippen LogP contribution in [-0.4, -0.2) is 35.6 Å². The van der Waals surface area contributed by atoms with E-state index in [1.807, 2.05) is 0 Å². The van der Waals surface area contributed by atoms with E-state index in [-0.39, 0.29) is 5.92 Å². The van der Waals surface area contributed by atoms with Crippen LogP contribution in [0.1, 0.15) is 38.5 Å². The quantitative estimate of drug-likeness (QED) is 0.795. The van der Waals surface area contributed by atoms with Gasteiger partial charge in [-0.3, -0.25) is 4.79 Å². The average Bonchev–Trinajstić information content (AvgIpc) is 2.98. The molecule has 3 fully saturated rings. The van der Waals surface area contributed by atoms with Crippen LogP contribution in [0.4, 0.5) is 0 Å². The molecule has 3 aliphatic rings. The molecular formula is C13H21NO2. The van der Waals surface area contributed by atoms with E-state index >= 15 is 0 Å². The number of nitrogens with zero attached hydrogens (tertiary/aromatic N) is 1. The van der Waals surface area contributed by atoms with Gasteiger partial charge in [-0.25, -0.2) is 0 Å². The SMILES string of the molecule is O=C(O)C1CCC(CN2CC3(CC3)C2)CC1. The van der Waals surface area contributed by atoms with Crippen LogP contribution >= 0.6 is 0 Å². The number of carbonyl (C=O) groups is 1. The second kappa shape index (κ2) is 3.73. The number of carboxylic acid groups (broad SMARTS) is 1. The monoisotopic (exact) mass is 223 g/mol. The number of carboxylic acids is 1. The van der Waals surface area contributed by atoms with Gasteiger partial charge < -0.3 is 10.0 Å². The molecule has 3 nitrogen and oxygen atoms in total. The van der Waals surface area contributed by atoms with Crippen LogP contribution in [0.25, 0.3) is 0 Å². The van der Waals surface area contributed by atoms with Crippen LogP contribution in [-0.2, 0) is 4.79 Å². The van der Waals surface area contributed by atoms with Gasteiger partial charge in [0, 0.05) is 19.6 Å². The Morgan fingerprint density at radius 3 is 2.31 bits per heavy atom. The largest absolute Gasteiger partial charge is 0.481 e. The first-order valence-electron chi connectivity index (χ1n) is 6.62. The molecule has 0 atom stereocenters. The number of likely N-dealkylation sites (tertiary alicyclic amines) is 1. The molecule has 2 saturated carbocycles. The van der Waals surface area contributed by atoms with Crippen molar-refractivity contribution >= 4 is 5.97 Å². The molecule has 90 valence electrons. The van der Waals surface area contributed by atoms with Gasteiger partial charge >= 0.3 is 5.97 Å². The van der Waals surface area contributed by atoms with E-state index in [0.29, 0.717) is 0 Å². The third-order valence-electron chi connectivity index (χ3n) is 4.79. The minimum Gasteiger partial charge on any atom is -0.481 e. The average molecular weight is 223 g/mol. The third-order valence-corrected chi connectivity index (χ3v) is 4.79. The van der Waals surface area contributed by atoms with Crippen molar-refractivity contribution < 1.29 is 9.90 Å². The van der Waals surface area contributed by atoms with E-state index in [4.69, 9.17) is 5.11 Å². The molecule has 1 aliphatic heterocycles. The maximum Gasteiger partial charge on any atom is 0.306 e. The van der Waals surface area contributed by atoms with Gasteiger partial charge in [0.25, 0.3) is 0 Å². The van der Waals surface area contributed by atoms with Crippen LogP contribution in [0.2, 0.25) is 0 Å². The van der Waals surface area contributed by atoms with Crippen LogP contribution in [0.15, 0.2) is 0 Å². The Labute approximate surface area is 96.8 Å². The summed E-state index contributed by atoms with van der Waals surface area (Å²) in [6.45, 7) is 3.88. The third kappa shape index (κ3) is 1.97. The Hall–Kier alpha value is -0.570. The van der Waals surface area contributed by atoms with Crippen LogP contribution < -0.4 is 0 Å². The lowest BCUT2D eigenvalue weighted by Gasteiger charge is -2.42. The Balaban J connectivity index is 1.39. The summed E-state index contributed by atoms with van der Waals surface area (Å²) in [4.78, 5) is 13.4. The molecule has 0 aromatic heterocycles. The number of aliphatic carboxylic acids is 1. The standard InChI is InChI=1S/C13H21NO2/c15-12(16)11-3-1-10(2-4-11)7-14-8-13(9-14)5-6-13/h10-11H,1-9H2,(H,15,16). The normalized spacial score (nSPS) is 37.0. The molecule has 0 bridgehead atoms. The zero-order chi connectivity index (χ0) is 11.2. The predicted octanol–water partition coefficient (Wildman–Crippen LogP) is 1.97. The van der Waals surface area contributed by atoms with E-state index in [0.717, 1.165) is 37.0 Å². The molecule has 16 heavy (non-hydrogen) atoms. The Kier molecular flexibility index (Phi) is 2.46. The van der Waals surface area contributed by atoms with Crippen molar-refractivity contribution in [2.45, 2.75) is 38.5 Å². The van der Waals surface area contributed by atoms with E-state index in [1.54, 1.807) is 0 Å². The van der Waals surface area contributed by atoms with Crippen molar-refractivity contribution in [1.82, 2.24) is 4.90 Å². The van der Waals surface area contributed by atoms with E-state index < -0.39 is 5.97 Å². The maximum absolute atomic E-state index is 10.8. The van der Waals surface area contributed by atoms with Gasteiger partial charge in [-0.15, -0.1) is 0 Å². The first-order valence-corrected chi connectivity index (χ1v) is 6.62. The molecular weight excluding hydrogens is 202 g/mol. The minimum absolute atomic E-state index is 0.0533. The van der Waals surface area contributed by atoms with Crippen molar-refractivity contribution in [1.29, 1.82) is 0 Å². The van der Waals surface area contributed by atoms with Gasteiger partial charge in [0.15, 0.2) is 0 Å². The summed E-state index contributed by atoms with van der Waals surface area (Å²) >= 11 is 0. The molecule has 1 spiro atoms. The van der Waals surface area contributed by atoms with Crippen LogP contribution in [0.3, 0.4) is 0 Å². The smallest absolute Gasteiger partial charge is 0.306 e. The van der Waals surface area contributed by atoms with E-state index in [2.05, 4.69) is 4.90 Å². The highest BCUT2D eigenvalue weighted by atomic mass is 16.4. The predicted molar refractivity (Wildman–Crippen MR) is 61.2 cm³/mol. The second-order valence-corrected chi connectivity index (χ2v) is 6.23. The van der Waals surface area contributed by atoms with Crippen LogP contribution in [0, 0.1) is 17.3 Å². The molecule has 0 aromatic rings. The van der Waals surface area contributed by atoms with E-state index in [1.165, 1.54) is 32.5 Å². The van der Waals surface area contributed by atoms with Crippen molar-refractivity contribution in [3.63, 3.8) is 0 Å². The molecule has 1 heterocycles. The highest BCUT2D eigenvalue weighted by molar-refractivity contribution is 5.69. The fraction of sp³-hybridized carbons (Fsp3) is 0.923. The number of rotatable bonds is 3. The number of hydrogen-bond acceptors (Lipinski definition) is 2. The van der Waals surface area contributed by atoms with Crippen molar-refractivity contribution in [2.75, 3.05) is 19.6 Å². The van der Waals surface area contributed by atoms with Gasteiger partial charge in [-0.1, -0.05) is 0 Å². The maximum atomic E-state index is 10.8. The van der Waals surface area contributed by atoms with Gasteiger partial charge in [0.05, 0.1) is 5.92 Å². The highest BCUT2D eigenvalue weighted by Gasteiger charge is 2.52. The Morgan fingerprint density at radius 1 is 1.19 bits per heavy atom. The number of hydrogen-bond donors (Lipinski definition) is 1. The summed E-state index contributed by atoms with van der Waals surface area (Å²) in [7, 11) is 0. The summed E-state index contributed by atoms with van der Waals surface area (Å²) in [6, 6.07) is 0. The molecule has 0 aromatic carbocycles. The van der Waals surface area contributed by atoms with Crippen molar-refractivity contribution in [2.24, 2.45) is 17.3 Å². The molecule has 3 rings (SSSR count). The summed E-state index contributed by atoms with van der Waals surface area (Å²) in [5.74, 6) is 0.133. The topological polar surface area (TPSA) is 40.5 Å². The van der Waals surface area contributed by atoms with E-state index in [9.17, 15) is 4.79 Å². The molecule has 3 heteroatoms. The summed E-state index contributed by atoms with van der Waals surface area (Å²) in [5, 5.41) is 8.93. The lowest BCUT2D eigenvalue weighted by Crippen LogP contribution is -2.50. The fourth-order valence-corrected chi connectivity index (χ4v) is 3.48. The lowest BCUT2D eigenvalue weighted by molar-refractivity contribution is -0.143. The Morgan fingerprint density at radius 2 is 1.81 bits per heavy atom. The summed E-state index contributed by atoms with van der Waals surface area (Å²) in [5.41, 5.74) is 0.762. The zero-order valence-corrected chi connectivity index (χ0v) is 9.82. The second-order valence-electron chi connectivity index (χ2n) is 6.23. The first-order chi connectivity index (χ1) is 7.67. The molecule has 1 N–H and O–H groups in total. The molecule has 0 radical (unpaired) electrons. The van der Waals surface area contributed by atoms with Crippen molar-refractivity contribution in [3.05, 3.63) is 0 Å². The van der Waals surface area contributed by atoms with Gasteiger partial charge in [0.2, 0.25) is 0 Å². The van der Waals surface area contributed by atoms with Gasteiger partial charge in [0.1, 0.15) is 0 Å². The summed E-state index contributed by atoms with van der Waals surface area (Å²) in [6.07, 6.45) is 6.96. The molecule has 0 amide bonds. The molecule has 0 unspecified atom stereocenters. The van der Waals surface area contributed by atoms with Gasteiger partial charge in [-0.05, 0) is 49.9 Å². The van der Waals surface area contributed by atoms with Crippen molar-refractivity contribution in [3.8, 4) is 0 Å². The first kappa shape index (κ1) is 10.6. The molecule has 1 saturated heterocycles. The lowest BCUT2D eigenvalue weighted by atomic mass is 9.81. The molecule has 2 aliphatic carbocycles. The highest BCUT2D eigenvalue weighted by Crippen LogP contribution is 2.53. The van der Waals surface area contributed by atoms with Gasteiger partial charge in [-0.2, -0.15) is 0 Å². The van der Waals surface area contributed by atoms with Crippen LogP contribution in [0.5, 0.6) is 0 Å². The Bertz CT molecular complexity index is 282.